The van der Waals surface area contributed by atoms with E-state index in [-0.39, 0.29) is 0 Å². The van der Waals surface area contributed by atoms with Gasteiger partial charge in [0.2, 0.25) is 0 Å². The van der Waals surface area contributed by atoms with E-state index in [1.165, 1.54) is 16.8 Å². The van der Waals surface area contributed by atoms with Gasteiger partial charge < -0.3 is 0 Å². The molecule has 1 aromatic carbocycles. The lowest BCUT2D eigenvalue weighted by molar-refractivity contribution is 0.975. The van der Waals surface area contributed by atoms with Crippen molar-refractivity contribution in [1.29, 1.82) is 0 Å². The Balaban J connectivity index is 2.52. The molecule has 0 amide bonds. The van der Waals surface area contributed by atoms with Crippen LogP contribution in [0.4, 0.5) is 0 Å². The van der Waals surface area contributed by atoms with E-state index in [0.29, 0.717) is 11.0 Å². The lowest BCUT2D eigenvalue weighted by Gasteiger charge is -2.14. The summed E-state index contributed by atoms with van der Waals surface area (Å²) in [5.41, 5.74) is 6.81. The Bertz CT molecular complexity index is 842. The van der Waals surface area contributed by atoms with Gasteiger partial charge in [-0.2, -0.15) is 0 Å². The molecule has 0 radical (unpaired) electrons. The molecule has 0 unspecified atom stereocenters. The molecule has 0 spiro atoms. The predicted molar refractivity (Wildman–Crippen MR) is 87.6 cm³/mol. The van der Waals surface area contributed by atoms with Crippen LogP contribution in [0, 0.1) is 34.6 Å². The summed E-state index contributed by atoms with van der Waals surface area (Å²) in [7, 11) is 0. The molecule has 3 rings (SSSR count). The molecule has 0 aliphatic heterocycles. The SMILES string of the molecule is Cc1nc(Cl)c2c(C)c(C)n(-c3c(C)cccc3C)c2n1. The Morgan fingerprint density at radius 2 is 1.57 bits per heavy atom. The van der Waals surface area contributed by atoms with Crippen molar-refractivity contribution in [2.75, 3.05) is 0 Å². The van der Waals surface area contributed by atoms with E-state index in [2.05, 4.69) is 60.4 Å². The molecule has 4 heteroatoms. The van der Waals surface area contributed by atoms with Gasteiger partial charge in [0, 0.05) is 5.69 Å². The van der Waals surface area contributed by atoms with E-state index in [0.717, 1.165) is 22.3 Å². The monoisotopic (exact) mass is 299 g/mol. The number of aromatic nitrogens is 3. The van der Waals surface area contributed by atoms with Crippen LogP contribution in [0.1, 0.15) is 28.2 Å². The Hall–Kier alpha value is -1.87. The maximum absolute atomic E-state index is 6.36. The number of halogens is 1. The summed E-state index contributed by atoms with van der Waals surface area (Å²) in [6.45, 7) is 10.3. The zero-order chi connectivity index (χ0) is 15.3. The van der Waals surface area contributed by atoms with E-state index in [1.807, 2.05) is 6.92 Å². The zero-order valence-electron chi connectivity index (χ0n) is 13.0. The number of rotatable bonds is 1. The van der Waals surface area contributed by atoms with Crippen molar-refractivity contribution in [3.63, 3.8) is 0 Å². The highest BCUT2D eigenvalue weighted by Gasteiger charge is 2.19. The first kappa shape index (κ1) is 14.1. The fraction of sp³-hybridized carbons (Fsp3) is 0.294. The summed E-state index contributed by atoms with van der Waals surface area (Å²) < 4.78 is 2.20. The number of hydrogen-bond acceptors (Lipinski definition) is 2. The topological polar surface area (TPSA) is 30.7 Å². The van der Waals surface area contributed by atoms with Crippen LogP contribution in [0.5, 0.6) is 0 Å². The minimum absolute atomic E-state index is 0.531. The fourth-order valence-electron chi connectivity index (χ4n) is 2.95. The Morgan fingerprint density at radius 1 is 0.952 bits per heavy atom. The lowest BCUT2D eigenvalue weighted by atomic mass is 10.1. The fourth-order valence-corrected chi connectivity index (χ4v) is 3.30. The summed E-state index contributed by atoms with van der Waals surface area (Å²) in [5, 5.41) is 1.48. The number of hydrogen-bond donors (Lipinski definition) is 0. The maximum atomic E-state index is 6.36. The molecule has 0 N–H and O–H groups in total. The van der Waals surface area contributed by atoms with Crippen molar-refractivity contribution >= 4 is 22.6 Å². The summed E-state index contributed by atoms with van der Waals surface area (Å²) >= 11 is 6.36. The zero-order valence-corrected chi connectivity index (χ0v) is 13.7. The van der Waals surface area contributed by atoms with Crippen molar-refractivity contribution < 1.29 is 0 Å². The molecule has 0 atom stereocenters. The third-order valence-electron chi connectivity index (χ3n) is 4.09. The van der Waals surface area contributed by atoms with E-state index in [9.17, 15) is 0 Å². The van der Waals surface area contributed by atoms with E-state index in [4.69, 9.17) is 11.6 Å². The van der Waals surface area contributed by atoms with Crippen molar-refractivity contribution in [2.24, 2.45) is 0 Å². The van der Waals surface area contributed by atoms with Crippen LogP contribution < -0.4 is 0 Å². The van der Waals surface area contributed by atoms with Gasteiger partial charge in [-0.15, -0.1) is 0 Å². The third kappa shape index (κ3) is 2.04. The first-order chi connectivity index (χ1) is 9.91. The number of aryl methyl sites for hydroxylation is 4. The quantitative estimate of drug-likeness (QED) is 0.614. The second-order valence-electron chi connectivity index (χ2n) is 5.55. The highest BCUT2D eigenvalue weighted by Crippen LogP contribution is 2.33. The van der Waals surface area contributed by atoms with Gasteiger partial charge in [0.05, 0.1) is 11.1 Å². The molecule has 2 heterocycles. The smallest absolute Gasteiger partial charge is 0.150 e. The normalized spacial score (nSPS) is 11.3. The summed E-state index contributed by atoms with van der Waals surface area (Å²) in [4.78, 5) is 8.94. The van der Waals surface area contributed by atoms with Gasteiger partial charge in [0.25, 0.3) is 0 Å². The van der Waals surface area contributed by atoms with Gasteiger partial charge in [-0.3, -0.25) is 4.57 Å². The van der Waals surface area contributed by atoms with Crippen molar-refractivity contribution in [3.05, 3.63) is 51.6 Å². The highest BCUT2D eigenvalue weighted by atomic mass is 35.5. The minimum Gasteiger partial charge on any atom is -0.298 e. The molecule has 3 aromatic rings. The largest absolute Gasteiger partial charge is 0.298 e. The molecule has 2 aromatic heterocycles. The molecule has 0 saturated heterocycles. The summed E-state index contributed by atoms with van der Waals surface area (Å²) in [5.74, 6) is 0.692. The van der Waals surface area contributed by atoms with Gasteiger partial charge in [-0.25, -0.2) is 9.97 Å². The van der Waals surface area contributed by atoms with Crippen molar-refractivity contribution in [2.45, 2.75) is 34.6 Å². The second kappa shape index (κ2) is 4.85. The molecule has 108 valence electrons. The summed E-state index contributed by atoms with van der Waals surface area (Å²) in [6.07, 6.45) is 0. The average molecular weight is 300 g/mol. The number of para-hydroxylation sites is 1. The Labute approximate surface area is 129 Å². The van der Waals surface area contributed by atoms with Crippen LogP contribution in [-0.2, 0) is 0 Å². The standard InChI is InChI=1S/C17H18ClN3/c1-9-7-6-8-10(2)15(9)21-12(4)11(3)14-16(18)19-13(5)20-17(14)21/h6-8H,1-5H3. The Morgan fingerprint density at radius 3 is 2.19 bits per heavy atom. The predicted octanol–water partition coefficient (Wildman–Crippen LogP) is 4.62. The second-order valence-corrected chi connectivity index (χ2v) is 5.90. The van der Waals surface area contributed by atoms with Gasteiger partial charge in [0.15, 0.2) is 0 Å². The molecular weight excluding hydrogens is 282 g/mol. The van der Waals surface area contributed by atoms with Gasteiger partial charge in [-0.1, -0.05) is 29.8 Å². The first-order valence-electron chi connectivity index (χ1n) is 7.00. The van der Waals surface area contributed by atoms with E-state index < -0.39 is 0 Å². The van der Waals surface area contributed by atoms with Crippen molar-refractivity contribution in [1.82, 2.24) is 14.5 Å². The molecule has 3 nitrogen and oxygen atoms in total. The molecule has 0 saturated carbocycles. The van der Waals surface area contributed by atoms with Gasteiger partial charge in [-0.05, 0) is 51.3 Å². The van der Waals surface area contributed by atoms with E-state index >= 15 is 0 Å². The van der Waals surface area contributed by atoms with Gasteiger partial charge in [0.1, 0.15) is 16.6 Å². The lowest BCUT2D eigenvalue weighted by Crippen LogP contribution is -2.04. The summed E-state index contributed by atoms with van der Waals surface area (Å²) in [6, 6.07) is 6.33. The number of benzene rings is 1. The van der Waals surface area contributed by atoms with Crippen LogP contribution in [0.2, 0.25) is 5.15 Å². The third-order valence-corrected chi connectivity index (χ3v) is 4.36. The molecule has 0 aliphatic rings. The van der Waals surface area contributed by atoms with Gasteiger partial charge >= 0.3 is 0 Å². The van der Waals surface area contributed by atoms with Crippen molar-refractivity contribution in [3.8, 4) is 5.69 Å². The van der Waals surface area contributed by atoms with Crippen LogP contribution in [0.3, 0.4) is 0 Å². The average Bonchev–Trinajstić information content (AvgIpc) is 2.63. The highest BCUT2D eigenvalue weighted by molar-refractivity contribution is 6.34. The van der Waals surface area contributed by atoms with E-state index in [1.54, 1.807) is 0 Å². The maximum Gasteiger partial charge on any atom is 0.150 e. The molecule has 0 fully saturated rings. The molecule has 0 aliphatic carbocycles. The van der Waals surface area contributed by atoms with Crippen LogP contribution in [0.25, 0.3) is 16.7 Å². The number of nitrogens with zero attached hydrogens (tertiary/aromatic N) is 3. The number of fused-ring (bicyclic) bond motifs is 1. The Kier molecular flexibility index (Phi) is 3.25. The molecular formula is C17H18ClN3. The van der Waals surface area contributed by atoms with Crippen LogP contribution in [0.15, 0.2) is 18.2 Å². The van der Waals surface area contributed by atoms with Crippen LogP contribution >= 0.6 is 11.6 Å². The molecule has 0 bridgehead atoms. The minimum atomic E-state index is 0.531. The molecule has 21 heavy (non-hydrogen) atoms. The first-order valence-corrected chi connectivity index (χ1v) is 7.38. The van der Waals surface area contributed by atoms with Crippen LogP contribution in [-0.4, -0.2) is 14.5 Å².